The van der Waals surface area contributed by atoms with Crippen LogP contribution in [0.3, 0.4) is 0 Å². The smallest absolute Gasteiger partial charge is 0.338 e. The zero-order valence-corrected chi connectivity index (χ0v) is 19.5. The van der Waals surface area contributed by atoms with E-state index < -0.39 is 18.0 Å². The molecular weight excluding hydrogens is 436 g/mol. The van der Waals surface area contributed by atoms with E-state index in [9.17, 15) is 14.4 Å². The van der Waals surface area contributed by atoms with Gasteiger partial charge in [0, 0.05) is 44.0 Å². The summed E-state index contributed by atoms with van der Waals surface area (Å²) in [7, 11) is 0. The predicted molar refractivity (Wildman–Crippen MR) is 125 cm³/mol. The van der Waals surface area contributed by atoms with Gasteiger partial charge in [-0.15, -0.1) is 0 Å². The Bertz CT molecular complexity index is 1080. The van der Waals surface area contributed by atoms with Gasteiger partial charge >= 0.3 is 12.0 Å². The second-order valence-electron chi connectivity index (χ2n) is 8.45. The van der Waals surface area contributed by atoms with Crippen LogP contribution < -0.4 is 10.6 Å². The van der Waals surface area contributed by atoms with Gasteiger partial charge in [-0.3, -0.25) is 9.69 Å². The van der Waals surface area contributed by atoms with Crippen molar-refractivity contribution in [3.63, 3.8) is 0 Å². The van der Waals surface area contributed by atoms with Gasteiger partial charge in [-0.25, -0.2) is 9.59 Å². The standard InChI is InChI=1S/C25H30N4O5/c1-3-33-24(31)21-19(26-25(32)27-22(21)20-9-5-14-34-20)16-28-10-6-11-29(13-12-28)23(30)18-8-4-7-17(2)15-18/h4-5,7-9,14-15,22H,3,6,10-13,16H2,1-2H3,(H2,26,27,32)/t22-/m0/s1. The van der Waals surface area contributed by atoms with Gasteiger partial charge in [0.15, 0.2) is 0 Å². The number of carbonyl (C=O) groups is 3. The molecule has 34 heavy (non-hydrogen) atoms. The normalized spacial score (nSPS) is 19.3. The fourth-order valence-corrected chi connectivity index (χ4v) is 4.38. The number of benzene rings is 1. The first kappa shape index (κ1) is 23.6. The average Bonchev–Trinajstić information content (AvgIpc) is 3.25. The molecule has 9 nitrogen and oxygen atoms in total. The number of rotatable bonds is 6. The molecule has 0 radical (unpaired) electrons. The first-order valence-corrected chi connectivity index (χ1v) is 11.6. The van der Waals surface area contributed by atoms with Gasteiger partial charge in [-0.05, 0) is 44.5 Å². The largest absolute Gasteiger partial charge is 0.467 e. The molecule has 2 aromatic rings. The molecule has 1 aromatic heterocycles. The fraction of sp³-hybridized carbons (Fsp3) is 0.400. The van der Waals surface area contributed by atoms with E-state index in [0.29, 0.717) is 48.8 Å². The summed E-state index contributed by atoms with van der Waals surface area (Å²) in [5.41, 5.74) is 2.55. The molecule has 3 amide bonds. The monoisotopic (exact) mass is 466 g/mol. The molecule has 1 atom stereocenters. The van der Waals surface area contributed by atoms with Crippen molar-refractivity contribution in [3.8, 4) is 0 Å². The summed E-state index contributed by atoms with van der Waals surface area (Å²) in [5.74, 6) is -0.0244. The molecule has 0 unspecified atom stereocenters. The zero-order valence-electron chi connectivity index (χ0n) is 19.5. The molecule has 0 aliphatic carbocycles. The summed E-state index contributed by atoms with van der Waals surface area (Å²) in [5, 5.41) is 5.55. The Morgan fingerprint density at radius 3 is 2.74 bits per heavy atom. The van der Waals surface area contributed by atoms with Crippen molar-refractivity contribution in [3.05, 3.63) is 70.8 Å². The van der Waals surface area contributed by atoms with Crippen molar-refractivity contribution in [1.29, 1.82) is 0 Å². The topological polar surface area (TPSA) is 104 Å². The maximum Gasteiger partial charge on any atom is 0.338 e. The van der Waals surface area contributed by atoms with Crippen molar-refractivity contribution < 1.29 is 23.5 Å². The first-order valence-electron chi connectivity index (χ1n) is 11.6. The van der Waals surface area contributed by atoms with E-state index in [4.69, 9.17) is 9.15 Å². The van der Waals surface area contributed by atoms with E-state index in [2.05, 4.69) is 15.5 Å². The van der Waals surface area contributed by atoms with E-state index in [1.165, 1.54) is 6.26 Å². The molecular formula is C25H30N4O5. The van der Waals surface area contributed by atoms with Gasteiger partial charge in [0.25, 0.3) is 5.91 Å². The number of nitrogens with one attached hydrogen (secondary N) is 2. The van der Waals surface area contributed by atoms with Crippen LogP contribution in [0.25, 0.3) is 0 Å². The number of aryl methyl sites for hydroxylation is 1. The minimum atomic E-state index is -0.732. The molecule has 3 heterocycles. The van der Waals surface area contributed by atoms with E-state index in [0.717, 1.165) is 18.5 Å². The quantitative estimate of drug-likeness (QED) is 0.635. The highest BCUT2D eigenvalue weighted by Gasteiger charge is 2.36. The Hall–Kier alpha value is -3.59. The van der Waals surface area contributed by atoms with E-state index >= 15 is 0 Å². The highest BCUT2D eigenvalue weighted by Crippen LogP contribution is 2.28. The van der Waals surface area contributed by atoms with Crippen molar-refractivity contribution >= 4 is 17.9 Å². The summed E-state index contributed by atoms with van der Waals surface area (Å²) in [6, 6.07) is 9.90. The number of hydrogen-bond donors (Lipinski definition) is 2. The third kappa shape index (κ3) is 5.31. The van der Waals surface area contributed by atoms with Crippen LogP contribution in [-0.4, -0.2) is 67.0 Å². The number of ether oxygens (including phenoxy) is 1. The number of nitrogens with zero attached hydrogens (tertiary/aromatic N) is 2. The van der Waals surface area contributed by atoms with Gasteiger partial charge in [0.05, 0.1) is 18.4 Å². The van der Waals surface area contributed by atoms with Gasteiger partial charge in [0.1, 0.15) is 11.8 Å². The first-order chi connectivity index (χ1) is 16.5. The number of furan rings is 1. The van der Waals surface area contributed by atoms with E-state index in [-0.39, 0.29) is 12.5 Å². The molecule has 1 aromatic carbocycles. The Morgan fingerprint density at radius 1 is 1.15 bits per heavy atom. The lowest BCUT2D eigenvalue weighted by molar-refractivity contribution is -0.139. The molecule has 9 heteroatoms. The number of hydrogen-bond acceptors (Lipinski definition) is 6. The maximum absolute atomic E-state index is 13.0. The summed E-state index contributed by atoms with van der Waals surface area (Å²) >= 11 is 0. The third-order valence-electron chi connectivity index (χ3n) is 6.00. The molecule has 0 saturated carbocycles. The van der Waals surface area contributed by atoms with Gasteiger partial charge in [-0.2, -0.15) is 0 Å². The Kier molecular flexibility index (Phi) is 7.32. The summed E-state index contributed by atoms with van der Waals surface area (Å²) in [4.78, 5) is 42.3. The van der Waals surface area contributed by atoms with Crippen molar-refractivity contribution in [2.24, 2.45) is 0 Å². The highest BCUT2D eigenvalue weighted by atomic mass is 16.5. The number of urea groups is 1. The van der Waals surface area contributed by atoms with Crippen LogP contribution in [-0.2, 0) is 9.53 Å². The fourth-order valence-electron chi connectivity index (χ4n) is 4.38. The van der Waals surface area contributed by atoms with Crippen LogP contribution in [0.15, 0.2) is 58.3 Å². The summed E-state index contributed by atoms with van der Waals surface area (Å²) < 4.78 is 10.8. The second-order valence-corrected chi connectivity index (χ2v) is 8.45. The van der Waals surface area contributed by atoms with Crippen molar-refractivity contribution in [1.82, 2.24) is 20.4 Å². The molecule has 180 valence electrons. The Labute approximate surface area is 198 Å². The van der Waals surface area contributed by atoms with E-state index in [1.54, 1.807) is 19.1 Å². The summed E-state index contributed by atoms with van der Waals surface area (Å²) in [6.07, 6.45) is 2.29. The Morgan fingerprint density at radius 2 is 2.00 bits per heavy atom. The lowest BCUT2D eigenvalue weighted by Gasteiger charge is -2.30. The van der Waals surface area contributed by atoms with E-state index in [1.807, 2.05) is 36.1 Å². The minimum Gasteiger partial charge on any atom is -0.467 e. The molecule has 0 spiro atoms. The lowest BCUT2D eigenvalue weighted by Crippen LogP contribution is -2.48. The van der Waals surface area contributed by atoms with Crippen molar-refractivity contribution in [2.75, 3.05) is 39.3 Å². The maximum atomic E-state index is 13.0. The van der Waals surface area contributed by atoms with Gasteiger partial charge in [-0.1, -0.05) is 17.7 Å². The van der Waals surface area contributed by atoms with Gasteiger partial charge < -0.3 is 24.7 Å². The molecule has 2 N–H and O–H groups in total. The number of carbonyl (C=O) groups excluding carboxylic acids is 3. The number of esters is 1. The van der Waals surface area contributed by atoms with Crippen molar-refractivity contribution in [2.45, 2.75) is 26.3 Å². The Balaban J connectivity index is 1.52. The highest BCUT2D eigenvalue weighted by molar-refractivity contribution is 5.95. The van der Waals surface area contributed by atoms with Gasteiger partial charge in [0.2, 0.25) is 0 Å². The SMILES string of the molecule is CCOC(=O)C1=C(CN2CCCN(C(=O)c3cccc(C)c3)CC2)NC(=O)N[C@H]1c1ccco1. The molecule has 2 aliphatic heterocycles. The zero-order chi connectivity index (χ0) is 24.1. The predicted octanol–water partition coefficient (Wildman–Crippen LogP) is 2.61. The van der Waals surface area contributed by atoms with Crippen LogP contribution in [0.1, 0.15) is 41.1 Å². The van der Waals surface area contributed by atoms with Crippen LogP contribution in [0.2, 0.25) is 0 Å². The lowest BCUT2D eigenvalue weighted by atomic mass is 10.00. The average molecular weight is 467 g/mol. The van der Waals surface area contributed by atoms with Crippen LogP contribution in [0.4, 0.5) is 4.79 Å². The van der Waals surface area contributed by atoms with Crippen LogP contribution in [0.5, 0.6) is 0 Å². The minimum absolute atomic E-state index is 0.0185. The van der Waals surface area contributed by atoms with Crippen LogP contribution >= 0.6 is 0 Å². The third-order valence-corrected chi connectivity index (χ3v) is 6.00. The van der Waals surface area contributed by atoms with Crippen LogP contribution in [0, 0.1) is 6.92 Å². The molecule has 1 fully saturated rings. The number of amides is 3. The second kappa shape index (κ2) is 10.6. The molecule has 2 aliphatic rings. The summed E-state index contributed by atoms with van der Waals surface area (Å²) in [6.45, 7) is 6.83. The molecule has 0 bridgehead atoms. The molecule has 4 rings (SSSR count). The molecule has 1 saturated heterocycles.